The van der Waals surface area contributed by atoms with Gasteiger partial charge in [-0.3, -0.25) is 0 Å². The van der Waals surface area contributed by atoms with Crippen molar-refractivity contribution in [2.75, 3.05) is 0 Å². The highest BCUT2D eigenvalue weighted by molar-refractivity contribution is 6.25. The van der Waals surface area contributed by atoms with Crippen LogP contribution in [0, 0.1) is 0 Å². The molecule has 0 radical (unpaired) electrons. The maximum Gasteiger partial charge on any atom is -0.00135 e. The zero-order chi connectivity index (χ0) is 20.6. The van der Waals surface area contributed by atoms with Crippen LogP contribution in [-0.4, -0.2) is 0 Å². The largest absolute Gasteiger partial charge is 0.0619 e. The van der Waals surface area contributed by atoms with E-state index < -0.39 is 0 Å². The quantitative estimate of drug-likeness (QED) is 0.227. The van der Waals surface area contributed by atoms with E-state index in [-0.39, 0.29) is 0 Å². The Balaban J connectivity index is 0.000000126. The van der Waals surface area contributed by atoms with Crippen LogP contribution in [0.2, 0.25) is 0 Å². The fraction of sp³-hybridized carbons (Fsp3) is 0.0323. The topological polar surface area (TPSA) is 0 Å². The van der Waals surface area contributed by atoms with Crippen LogP contribution in [0.25, 0.3) is 43.4 Å². The van der Waals surface area contributed by atoms with E-state index in [0.717, 1.165) is 6.42 Å². The van der Waals surface area contributed by atoms with Crippen LogP contribution < -0.4 is 0 Å². The van der Waals surface area contributed by atoms with Gasteiger partial charge in [0.05, 0.1) is 0 Å². The van der Waals surface area contributed by atoms with Gasteiger partial charge in [-0.15, -0.1) is 0 Å². The number of fused-ring (bicyclic) bond motifs is 9. The van der Waals surface area contributed by atoms with E-state index in [1.54, 1.807) is 0 Å². The summed E-state index contributed by atoms with van der Waals surface area (Å²) < 4.78 is 0. The van der Waals surface area contributed by atoms with Crippen molar-refractivity contribution in [2.24, 2.45) is 0 Å². The van der Waals surface area contributed by atoms with Gasteiger partial charge in [-0.25, -0.2) is 0 Å². The normalized spacial score (nSPS) is 11.7. The molecule has 0 spiro atoms. The van der Waals surface area contributed by atoms with E-state index in [1.807, 2.05) is 0 Å². The molecule has 0 N–H and O–H groups in total. The molecule has 0 fully saturated rings. The Morgan fingerprint density at radius 3 is 0.871 bits per heavy atom. The second-order valence-corrected chi connectivity index (χ2v) is 8.13. The van der Waals surface area contributed by atoms with Crippen molar-refractivity contribution in [3.8, 4) is 11.1 Å². The lowest BCUT2D eigenvalue weighted by Gasteiger charge is -2.09. The molecule has 0 unspecified atom stereocenters. The third-order valence-corrected chi connectivity index (χ3v) is 6.36. The van der Waals surface area contributed by atoms with Crippen LogP contribution in [0.5, 0.6) is 0 Å². The maximum absolute atomic E-state index is 2.22. The highest BCUT2D eigenvalue weighted by Crippen LogP contribution is 2.36. The average Bonchev–Trinajstić information content (AvgIpc) is 3.24. The van der Waals surface area contributed by atoms with Crippen LogP contribution in [0.3, 0.4) is 0 Å². The van der Waals surface area contributed by atoms with Gasteiger partial charge in [0.15, 0.2) is 0 Å². The molecule has 0 saturated carbocycles. The first-order valence-corrected chi connectivity index (χ1v) is 10.8. The van der Waals surface area contributed by atoms with Crippen molar-refractivity contribution in [1.29, 1.82) is 0 Å². The minimum absolute atomic E-state index is 1.10. The third-order valence-electron chi connectivity index (χ3n) is 6.36. The molecule has 1 aliphatic carbocycles. The molecule has 0 aromatic heterocycles. The summed E-state index contributed by atoms with van der Waals surface area (Å²) in [4.78, 5) is 0. The van der Waals surface area contributed by atoms with Gasteiger partial charge in [0.1, 0.15) is 0 Å². The van der Waals surface area contributed by atoms with Gasteiger partial charge in [-0.1, -0.05) is 121 Å². The van der Waals surface area contributed by atoms with Crippen LogP contribution >= 0.6 is 0 Å². The molecule has 146 valence electrons. The zero-order valence-electron chi connectivity index (χ0n) is 17.3. The Hall–Kier alpha value is -3.90. The van der Waals surface area contributed by atoms with Crippen molar-refractivity contribution in [1.82, 2.24) is 0 Å². The van der Waals surface area contributed by atoms with E-state index in [1.165, 1.54) is 54.6 Å². The summed E-state index contributed by atoms with van der Waals surface area (Å²) in [6, 6.07) is 43.3. The SMILES string of the molecule is c1ccc2c(c1)Cc1ccccc1-2.c1ccc2c(c1)c1ccccc1c1ccccc21. The number of benzene rings is 6. The molecule has 1 aliphatic rings. The zero-order valence-corrected chi connectivity index (χ0v) is 17.3. The Bertz CT molecular complexity index is 1290. The molecule has 0 bridgehead atoms. The lowest BCUT2D eigenvalue weighted by Crippen LogP contribution is -1.81. The van der Waals surface area contributed by atoms with Crippen LogP contribution in [0.1, 0.15) is 11.1 Å². The smallest absolute Gasteiger partial charge is 0.00135 e. The molecule has 0 heterocycles. The second-order valence-electron chi connectivity index (χ2n) is 8.13. The van der Waals surface area contributed by atoms with Gasteiger partial charge in [0, 0.05) is 0 Å². The van der Waals surface area contributed by atoms with E-state index >= 15 is 0 Å². The van der Waals surface area contributed by atoms with Gasteiger partial charge in [0.25, 0.3) is 0 Å². The number of rotatable bonds is 0. The monoisotopic (exact) mass is 394 g/mol. The molecule has 0 aliphatic heterocycles. The van der Waals surface area contributed by atoms with Crippen LogP contribution in [-0.2, 0) is 6.42 Å². The Morgan fingerprint density at radius 1 is 0.290 bits per heavy atom. The summed E-state index contributed by atoms with van der Waals surface area (Å²) in [6.07, 6.45) is 1.10. The van der Waals surface area contributed by atoms with E-state index in [4.69, 9.17) is 0 Å². The van der Waals surface area contributed by atoms with Gasteiger partial charge in [-0.05, 0) is 61.0 Å². The summed E-state index contributed by atoms with van der Waals surface area (Å²) >= 11 is 0. The van der Waals surface area contributed by atoms with E-state index in [9.17, 15) is 0 Å². The van der Waals surface area contributed by atoms with Crippen molar-refractivity contribution < 1.29 is 0 Å². The Kier molecular flexibility index (Phi) is 4.28. The van der Waals surface area contributed by atoms with Gasteiger partial charge < -0.3 is 0 Å². The molecule has 0 atom stereocenters. The number of hydrogen-bond acceptors (Lipinski definition) is 0. The summed E-state index contributed by atoms with van der Waals surface area (Å²) in [6.45, 7) is 0. The first-order valence-electron chi connectivity index (χ1n) is 10.8. The fourth-order valence-electron chi connectivity index (χ4n) is 4.94. The van der Waals surface area contributed by atoms with Crippen LogP contribution in [0.4, 0.5) is 0 Å². The molecule has 31 heavy (non-hydrogen) atoms. The van der Waals surface area contributed by atoms with Gasteiger partial charge >= 0.3 is 0 Å². The average molecular weight is 395 g/mol. The predicted molar refractivity (Wildman–Crippen MR) is 134 cm³/mol. The maximum atomic E-state index is 2.22. The predicted octanol–water partition coefficient (Wildman–Crippen LogP) is 8.40. The lowest BCUT2D eigenvalue weighted by atomic mass is 9.95. The molecule has 6 aromatic rings. The van der Waals surface area contributed by atoms with Crippen LogP contribution in [0.15, 0.2) is 121 Å². The summed E-state index contributed by atoms with van der Waals surface area (Å²) in [7, 11) is 0. The van der Waals surface area contributed by atoms with E-state index in [0.29, 0.717) is 0 Å². The highest BCUT2D eigenvalue weighted by atomic mass is 14.2. The molecule has 0 nitrogen and oxygen atoms in total. The molecule has 6 aromatic carbocycles. The van der Waals surface area contributed by atoms with Crippen molar-refractivity contribution in [3.63, 3.8) is 0 Å². The fourth-order valence-corrected chi connectivity index (χ4v) is 4.94. The van der Waals surface area contributed by atoms with Crippen molar-refractivity contribution in [3.05, 3.63) is 132 Å². The van der Waals surface area contributed by atoms with Crippen molar-refractivity contribution >= 4 is 32.3 Å². The lowest BCUT2D eigenvalue weighted by molar-refractivity contribution is 1.26. The summed E-state index contributed by atoms with van der Waals surface area (Å²) in [5, 5.41) is 8.04. The standard InChI is InChI=1S/C18H12.C13H10/c1-2-8-14-13(7-1)15-9-3-4-11-17(15)18-12-6-5-10-16(14)18;1-3-7-12-10(5-1)9-11-6-2-4-8-13(11)12/h1-12H;1-8H,9H2. The minimum atomic E-state index is 1.10. The Morgan fingerprint density at radius 2 is 0.548 bits per heavy atom. The first kappa shape index (κ1) is 17.9. The molecule has 0 heteroatoms. The minimum Gasteiger partial charge on any atom is -0.0619 e. The van der Waals surface area contributed by atoms with E-state index in [2.05, 4.69) is 121 Å². The third kappa shape index (κ3) is 3.00. The Labute approximate surface area is 182 Å². The first-order chi connectivity index (χ1) is 15.4. The van der Waals surface area contributed by atoms with Gasteiger partial charge in [-0.2, -0.15) is 0 Å². The summed E-state index contributed by atoms with van der Waals surface area (Å²) in [5.41, 5.74) is 5.75. The molecular formula is C31H22. The molecular weight excluding hydrogens is 372 g/mol. The van der Waals surface area contributed by atoms with Crippen molar-refractivity contribution in [2.45, 2.75) is 6.42 Å². The van der Waals surface area contributed by atoms with Gasteiger partial charge in [0.2, 0.25) is 0 Å². The number of hydrogen-bond donors (Lipinski definition) is 0. The molecule has 0 saturated heterocycles. The summed E-state index contributed by atoms with van der Waals surface area (Å²) in [5.74, 6) is 0. The second kappa shape index (κ2) is 7.41. The molecule has 7 rings (SSSR count). The highest BCUT2D eigenvalue weighted by Gasteiger charge is 2.15. The molecule has 0 amide bonds.